The Kier molecular flexibility index (Phi) is 4.82. The first-order valence-corrected chi connectivity index (χ1v) is 7.43. The van der Waals surface area contributed by atoms with Crippen LogP contribution in [-0.2, 0) is 6.54 Å². The van der Waals surface area contributed by atoms with Gasteiger partial charge in [-0.2, -0.15) is 0 Å². The molecule has 1 nitrogen and oxygen atoms in total. The first-order chi connectivity index (χ1) is 8.65. The van der Waals surface area contributed by atoms with Crippen LogP contribution in [0.15, 0.2) is 18.2 Å². The molecule has 2 rings (SSSR count). The van der Waals surface area contributed by atoms with Crippen LogP contribution in [0.4, 0.5) is 0 Å². The third-order valence-corrected chi connectivity index (χ3v) is 4.31. The summed E-state index contributed by atoms with van der Waals surface area (Å²) in [6, 6.07) is 6.83. The van der Waals surface area contributed by atoms with E-state index in [2.05, 4.69) is 44.3 Å². The van der Waals surface area contributed by atoms with Crippen molar-refractivity contribution in [2.75, 3.05) is 6.54 Å². The summed E-state index contributed by atoms with van der Waals surface area (Å²) >= 11 is 0. The minimum absolute atomic E-state index is 0.893. The van der Waals surface area contributed by atoms with Crippen LogP contribution in [0.3, 0.4) is 0 Å². The van der Waals surface area contributed by atoms with E-state index in [0.29, 0.717) is 0 Å². The van der Waals surface area contributed by atoms with Crippen molar-refractivity contribution in [1.29, 1.82) is 0 Å². The molecule has 0 bridgehead atoms. The summed E-state index contributed by atoms with van der Waals surface area (Å²) in [5.41, 5.74) is 4.17. The minimum atomic E-state index is 0.893. The van der Waals surface area contributed by atoms with Crippen molar-refractivity contribution in [2.24, 2.45) is 11.8 Å². The highest BCUT2D eigenvalue weighted by atomic mass is 14.9. The molecule has 2 unspecified atom stereocenters. The van der Waals surface area contributed by atoms with Crippen molar-refractivity contribution in [2.45, 2.75) is 53.0 Å². The molecule has 2 atom stereocenters. The lowest BCUT2D eigenvalue weighted by atomic mass is 9.80. The quantitative estimate of drug-likeness (QED) is 0.837. The number of hydrogen-bond acceptors (Lipinski definition) is 1. The Morgan fingerprint density at radius 1 is 1.06 bits per heavy atom. The maximum absolute atomic E-state index is 3.66. The molecule has 0 radical (unpaired) electrons. The van der Waals surface area contributed by atoms with Gasteiger partial charge >= 0.3 is 0 Å². The third kappa shape index (κ3) is 3.84. The molecule has 1 N–H and O–H groups in total. The number of benzene rings is 1. The van der Waals surface area contributed by atoms with E-state index >= 15 is 0 Å². The van der Waals surface area contributed by atoms with Crippen molar-refractivity contribution < 1.29 is 0 Å². The van der Waals surface area contributed by atoms with Crippen molar-refractivity contribution in [3.05, 3.63) is 34.9 Å². The number of hydrogen-bond donors (Lipinski definition) is 1. The first kappa shape index (κ1) is 13.6. The molecule has 0 amide bonds. The van der Waals surface area contributed by atoms with Gasteiger partial charge in [-0.25, -0.2) is 0 Å². The summed E-state index contributed by atoms with van der Waals surface area (Å²) in [6.07, 6.45) is 5.71. The molecule has 0 aromatic heterocycles. The summed E-state index contributed by atoms with van der Waals surface area (Å²) in [5, 5.41) is 3.66. The Morgan fingerprint density at radius 2 is 1.72 bits per heavy atom. The van der Waals surface area contributed by atoms with Crippen molar-refractivity contribution in [3.63, 3.8) is 0 Å². The Morgan fingerprint density at radius 3 is 2.39 bits per heavy atom. The summed E-state index contributed by atoms with van der Waals surface area (Å²) in [5.74, 6) is 1.80. The second-order valence-electron chi connectivity index (χ2n) is 6.15. The highest BCUT2D eigenvalue weighted by molar-refractivity contribution is 5.28. The van der Waals surface area contributed by atoms with Gasteiger partial charge in [0.05, 0.1) is 0 Å². The fourth-order valence-electron chi connectivity index (χ4n) is 3.27. The summed E-state index contributed by atoms with van der Waals surface area (Å²) in [4.78, 5) is 0. The van der Waals surface area contributed by atoms with Gasteiger partial charge in [-0.15, -0.1) is 0 Å². The molecule has 0 saturated heterocycles. The zero-order valence-corrected chi connectivity index (χ0v) is 12.1. The van der Waals surface area contributed by atoms with E-state index in [4.69, 9.17) is 0 Å². The first-order valence-electron chi connectivity index (χ1n) is 7.43. The van der Waals surface area contributed by atoms with Gasteiger partial charge in [0.1, 0.15) is 0 Å². The van der Waals surface area contributed by atoms with Gasteiger partial charge in [-0.1, -0.05) is 55.5 Å². The SMILES string of the molecule is Cc1cc(C)cc(CNCC2CCCCC2C)c1. The molecule has 1 aliphatic carbocycles. The highest BCUT2D eigenvalue weighted by Gasteiger charge is 2.20. The lowest BCUT2D eigenvalue weighted by Crippen LogP contribution is -2.29. The maximum Gasteiger partial charge on any atom is 0.0205 e. The second kappa shape index (κ2) is 6.38. The number of nitrogens with one attached hydrogen (secondary N) is 1. The fraction of sp³-hybridized carbons (Fsp3) is 0.647. The van der Waals surface area contributed by atoms with Gasteiger partial charge in [0.25, 0.3) is 0 Å². The highest BCUT2D eigenvalue weighted by Crippen LogP contribution is 2.28. The van der Waals surface area contributed by atoms with Crippen LogP contribution < -0.4 is 5.32 Å². The summed E-state index contributed by atoms with van der Waals surface area (Å²) in [6.45, 7) is 8.99. The van der Waals surface area contributed by atoms with Crippen LogP contribution in [0.2, 0.25) is 0 Å². The average Bonchev–Trinajstić information content (AvgIpc) is 2.30. The van der Waals surface area contributed by atoms with Crippen molar-refractivity contribution in [3.8, 4) is 0 Å². The topological polar surface area (TPSA) is 12.0 Å². The van der Waals surface area contributed by atoms with E-state index in [-0.39, 0.29) is 0 Å². The monoisotopic (exact) mass is 245 g/mol. The van der Waals surface area contributed by atoms with Crippen LogP contribution in [0.1, 0.15) is 49.3 Å². The minimum Gasteiger partial charge on any atom is -0.312 e. The van der Waals surface area contributed by atoms with Crippen LogP contribution >= 0.6 is 0 Å². The Labute approximate surface area is 112 Å². The molecule has 1 aliphatic rings. The zero-order valence-electron chi connectivity index (χ0n) is 12.1. The molecule has 1 saturated carbocycles. The summed E-state index contributed by atoms with van der Waals surface area (Å²) < 4.78 is 0. The average molecular weight is 245 g/mol. The van der Waals surface area contributed by atoms with Gasteiger partial charge < -0.3 is 5.32 Å². The molecule has 1 heteroatoms. The lowest BCUT2D eigenvalue weighted by Gasteiger charge is -2.29. The van der Waals surface area contributed by atoms with Gasteiger partial charge in [0, 0.05) is 6.54 Å². The molecule has 100 valence electrons. The van der Waals surface area contributed by atoms with Crippen molar-refractivity contribution >= 4 is 0 Å². The van der Waals surface area contributed by atoms with E-state index in [0.717, 1.165) is 18.4 Å². The van der Waals surface area contributed by atoms with Crippen LogP contribution in [0.25, 0.3) is 0 Å². The van der Waals surface area contributed by atoms with Gasteiger partial charge in [-0.05, 0) is 44.2 Å². The summed E-state index contributed by atoms with van der Waals surface area (Å²) in [7, 11) is 0. The Hall–Kier alpha value is -0.820. The lowest BCUT2D eigenvalue weighted by molar-refractivity contribution is 0.247. The fourth-order valence-corrected chi connectivity index (χ4v) is 3.27. The zero-order chi connectivity index (χ0) is 13.0. The Balaban J connectivity index is 1.80. The molecule has 0 spiro atoms. The standard InChI is InChI=1S/C17H27N/c1-13-8-14(2)10-16(9-13)11-18-12-17-7-5-4-6-15(17)3/h8-10,15,17-18H,4-7,11-12H2,1-3H3. The molecule has 18 heavy (non-hydrogen) atoms. The smallest absolute Gasteiger partial charge is 0.0205 e. The predicted molar refractivity (Wildman–Crippen MR) is 78.7 cm³/mol. The van der Waals surface area contributed by atoms with E-state index in [1.54, 1.807) is 0 Å². The van der Waals surface area contributed by atoms with E-state index in [1.807, 2.05) is 0 Å². The van der Waals surface area contributed by atoms with E-state index in [1.165, 1.54) is 48.9 Å². The molecular weight excluding hydrogens is 218 g/mol. The second-order valence-corrected chi connectivity index (χ2v) is 6.15. The maximum atomic E-state index is 3.66. The van der Waals surface area contributed by atoms with Crippen molar-refractivity contribution in [1.82, 2.24) is 5.32 Å². The van der Waals surface area contributed by atoms with Gasteiger partial charge in [0.2, 0.25) is 0 Å². The molecule has 0 heterocycles. The predicted octanol–water partition coefficient (Wildman–Crippen LogP) is 4.22. The molecule has 1 aromatic rings. The molecule has 0 aliphatic heterocycles. The number of rotatable bonds is 4. The van der Waals surface area contributed by atoms with Crippen LogP contribution in [-0.4, -0.2) is 6.54 Å². The molecule has 1 aromatic carbocycles. The third-order valence-electron chi connectivity index (χ3n) is 4.31. The van der Waals surface area contributed by atoms with Crippen LogP contribution in [0.5, 0.6) is 0 Å². The van der Waals surface area contributed by atoms with E-state index in [9.17, 15) is 0 Å². The largest absolute Gasteiger partial charge is 0.312 e. The number of aryl methyl sites for hydroxylation is 2. The van der Waals surface area contributed by atoms with Gasteiger partial charge in [-0.3, -0.25) is 0 Å². The normalized spacial score (nSPS) is 24.2. The van der Waals surface area contributed by atoms with Crippen LogP contribution in [0, 0.1) is 25.7 Å². The molecule has 1 fully saturated rings. The molecular formula is C17H27N. The van der Waals surface area contributed by atoms with Gasteiger partial charge in [0.15, 0.2) is 0 Å². The van der Waals surface area contributed by atoms with E-state index < -0.39 is 0 Å². The Bertz CT molecular complexity index is 363.